The van der Waals surface area contributed by atoms with Crippen LogP contribution in [0.2, 0.25) is 0 Å². The van der Waals surface area contributed by atoms with Crippen LogP contribution in [0.4, 0.5) is 5.69 Å². The number of aromatic nitrogens is 1. The summed E-state index contributed by atoms with van der Waals surface area (Å²) in [6.45, 7) is 0. The second-order valence-corrected chi connectivity index (χ2v) is 3.32. The highest BCUT2D eigenvalue weighted by atomic mass is 16.5. The summed E-state index contributed by atoms with van der Waals surface area (Å²) in [5, 5.41) is 8.90. The van der Waals surface area contributed by atoms with Gasteiger partial charge in [0.2, 0.25) is 0 Å². The van der Waals surface area contributed by atoms with Crippen molar-refractivity contribution < 1.29 is 5.21 Å². The van der Waals surface area contributed by atoms with Crippen molar-refractivity contribution in [3.8, 4) is 0 Å². The molecule has 0 atom stereocenters. The number of pyridine rings is 1. The van der Waals surface area contributed by atoms with Crippen molar-refractivity contribution in [2.75, 3.05) is 5.48 Å². The van der Waals surface area contributed by atoms with Crippen molar-refractivity contribution in [1.82, 2.24) is 4.98 Å². The lowest BCUT2D eigenvalue weighted by Gasteiger charge is -2.01. The first kappa shape index (κ1) is 10.4. The van der Waals surface area contributed by atoms with Gasteiger partial charge in [-0.3, -0.25) is 15.7 Å². The van der Waals surface area contributed by atoms with E-state index >= 15 is 0 Å². The minimum Gasteiger partial charge on any atom is -0.291 e. The monoisotopic (exact) mass is 212 g/mol. The van der Waals surface area contributed by atoms with Crippen LogP contribution in [0.25, 0.3) is 12.2 Å². The van der Waals surface area contributed by atoms with Gasteiger partial charge in [0.05, 0.1) is 5.69 Å². The Balaban J connectivity index is 2.24. The van der Waals surface area contributed by atoms with Gasteiger partial charge in [0.1, 0.15) is 0 Å². The molecule has 0 aliphatic rings. The predicted octanol–water partition coefficient (Wildman–Crippen LogP) is 3.05. The molecule has 0 saturated heterocycles. The fraction of sp³-hybridized carbons (Fsp3) is 0. The maximum absolute atomic E-state index is 8.90. The highest BCUT2D eigenvalue weighted by Crippen LogP contribution is 2.15. The van der Waals surface area contributed by atoms with E-state index in [0.29, 0.717) is 5.69 Å². The van der Waals surface area contributed by atoms with E-state index in [1.165, 1.54) is 0 Å². The second-order valence-electron chi connectivity index (χ2n) is 3.32. The van der Waals surface area contributed by atoms with Crippen LogP contribution < -0.4 is 5.48 Å². The highest BCUT2D eigenvalue weighted by Gasteiger charge is 1.95. The first-order valence-electron chi connectivity index (χ1n) is 4.97. The number of nitrogens with zero attached hydrogens (tertiary/aromatic N) is 1. The lowest BCUT2D eigenvalue weighted by atomic mass is 10.1. The van der Waals surface area contributed by atoms with Crippen LogP contribution in [0.15, 0.2) is 48.8 Å². The topological polar surface area (TPSA) is 45.1 Å². The third-order valence-electron chi connectivity index (χ3n) is 2.23. The first-order chi connectivity index (χ1) is 7.90. The summed E-state index contributed by atoms with van der Waals surface area (Å²) >= 11 is 0. The number of benzene rings is 1. The molecule has 80 valence electrons. The fourth-order valence-electron chi connectivity index (χ4n) is 1.39. The van der Waals surface area contributed by atoms with E-state index in [2.05, 4.69) is 10.5 Å². The summed E-state index contributed by atoms with van der Waals surface area (Å²) < 4.78 is 0. The van der Waals surface area contributed by atoms with Crippen LogP contribution in [0.5, 0.6) is 0 Å². The lowest BCUT2D eigenvalue weighted by Crippen LogP contribution is -1.92. The molecule has 3 nitrogen and oxygen atoms in total. The molecule has 0 aliphatic carbocycles. The number of rotatable bonds is 3. The van der Waals surface area contributed by atoms with E-state index in [0.717, 1.165) is 11.1 Å². The van der Waals surface area contributed by atoms with Crippen molar-refractivity contribution in [3.05, 3.63) is 59.9 Å². The van der Waals surface area contributed by atoms with Gasteiger partial charge in [-0.2, -0.15) is 0 Å². The van der Waals surface area contributed by atoms with E-state index in [-0.39, 0.29) is 0 Å². The normalized spacial score (nSPS) is 10.6. The van der Waals surface area contributed by atoms with Gasteiger partial charge in [0.15, 0.2) is 0 Å². The minimum absolute atomic E-state index is 0.641. The molecule has 0 bridgehead atoms. The van der Waals surface area contributed by atoms with E-state index in [1.54, 1.807) is 18.5 Å². The first-order valence-corrected chi connectivity index (χ1v) is 4.97. The fourth-order valence-corrected chi connectivity index (χ4v) is 1.39. The average molecular weight is 212 g/mol. The Morgan fingerprint density at radius 2 is 1.88 bits per heavy atom. The Hall–Kier alpha value is -2.13. The van der Waals surface area contributed by atoms with Crippen molar-refractivity contribution in [3.63, 3.8) is 0 Å². The number of anilines is 1. The van der Waals surface area contributed by atoms with Gasteiger partial charge in [-0.25, -0.2) is 0 Å². The molecule has 2 aromatic rings. The van der Waals surface area contributed by atoms with Crippen molar-refractivity contribution in [2.45, 2.75) is 0 Å². The van der Waals surface area contributed by atoms with Crippen LogP contribution >= 0.6 is 0 Å². The van der Waals surface area contributed by atoms with Crippen LogP contribution in [0.1, 0.15) is 11.1 Å². The number of nitrogens with one attached hydrogen (secondary N) is 1. The molecule has 0 saturated carbocycles. The van der Waals surface area contributed by atoms with Gasteiger partial charge in [-0.1, -0.05) is 42.5 Å². The van der Waals surface area contributed by atoms with Crippen LogP contribution in [-0.4, -0.2) is 10.2 Å². The predicted molar refractivity (Wildman–Crippen MR) is 65.0 cm³/mol. The average Bonchev–Trinajstić information content (AvgIpc) is 2.38. The number of hydrogen-bond donors (Lipinski definition) is 2. The van der Waals surface area contributed by atoms with E-state index in [1.807, 2.05) is 42.5 Å². The molecule has 16 heavy (non-hydrogen) atoms. The summed E-state index contributed by atoms with van der Waals surface area (Å²) in [5.41, 5.74) is 4.73. The van der Waals surface area contributed by atoms with Crippen LogP contribution in [0.3, 0.4) is 0 Å². The molecule has 2 rings (SSSR count). The van der Waals surface area contributed by atoms with E-state index in [4.69, 9.17) is 5.21 Å². The molecule has 3 heteroatoms. The molecule has 0 spiro atoms. The number of hydrogen-bond acceptors (Lipinski definition) is 3. The third kappa shape index (κ3) is 2.46. The maximum Gasteiger partial charge on any atom is 0.0705 e. The minimum atomic E-state index is 0.641. The van der Waals surface area contributed by atoms with Gasteiger partial charge < -0.3 is 0 Å². The van der Waals surface area contributed by atoms with Gasteiger partial charge >= 0.3 is 0 Å². The van der Waals surface area contributed by atoms with Gasteiger partial charge in [0, 0.05) is 18.0 Å². The van der Waals surface area contributed by atoms with E-state index < -0.39 is 0 Å². The summed E-state index contributed by atoms with van der Waals surface area (Å²) in [6, 6.07) is 11.7. The zero-order chi connectivity index (χ0) is 11.2. The molecule has 0 fully saturated rings. The molecule has 1 aromatic heterocycles. The molecule has 0 amide bonds. The highest BCUT2D eigenvalue weighted by molar-refractivity contribution is 5.75. The molecule has 0 unspecified atom stereocenters. The molecule has 1 aromatic carbocycles. The molecular formula is C13H12N2O. The summed E-state index contributed by atoms with van der Waals surface area (Å²) in [5.74, 6) is 0. The molecular weight excluding hydrogens is 200 g/mol. The van der Waals surface area contributed by atoms with Crippen LogP contribution in [0, 0.1) is 0 Å². The second kappa shape index (κ2) is 5.09. The largest absolute Gasteiger partial charge is 0.291 e. The Morgan fingerprint density at radius 3 is 2.62 bits per heavy atom. The van der Waals surface area contributed by atoms with Crippen molar-refractivity contribution >= 4 is 17.8 Å². The lowest BCUT2D eigenvalue weighted by molar-refractivity contribution is 0.388. The van der Waals surface area contributed by atoms with Crippen molar-refractivity contribution in [2.24, 2.45) is 0 Å². The zero-order valence-corrected chi connectivity index (χ0v) is 8.67. The Bertz CT molecular complexity index is 480. The van der Waals surface area contributed by atoms with Crippen LogP contribution in [-0.2, 0) is 0 Å². The van der Waals surface area contributed by atoms with Gasteiger partial charge in [-0.15, -0.1) is 0 Å². The molecule has 0 aliphatic heterocycles. The SMILES string of the molecule is ONc1ccncc1/C=C/c1ccccc1. The Kier molecular flexibility index (Phi) is 3.31. The third-order valence-corrected chi connectivity index (χ3v) is 2.23. The standard InChI is InChI=1S/C13H12N2O/c16-15-13-8-9-14-10-12(13)7-6-11-4-2-1-3-5-11/h1-10,16H,(H,14,15)/b7-6+. The maximum atomic E-state index is 8.90. The van der Waals surface area contributed by atoms with E-state index in [9.17, 15) is 0 Å². The summed E-state index contributed by atoms with van der Waals surface area (Å²) in [7, 11) is 0. The summed E-state index contributed by atoms with van der Waals surface area (Å²) in [6.07, 6.45) is 7.19. The molecule has 2 N–H and O–H groups in total. The summed E-state index contributed by atoms with van der Waals surface area (Å²) in [4.78, 5) is 4.00. The van der Waals surface area contributed by atoms with Gasteiger partial charge in [0.25, 0.3) is 0 Å². The Labute approximate surface area is 94.0 Å². The zero-order valence-electron chi connectivity index (χ0n) is 8.67. The molecule has 1 heterocycles. The van der Waals surface area contributed by atoms with Gasteiger partial charge in [-0.05, 0) is 11.6 Å². The Morgan fingerprint density at radius 1 is 1.06 bits per heavy atom. The smallest absolute Gasteiger partial charge is 0.0705 e. The quantitative estimate of drug-likeness (QED) is 0.768. The molecule has 0 radical (unpaired) electrons. The van der Waals surface area contributed by atoms with Crippen molar-refractivity contribution in [1.29, 1.82) is 0 Å².